The Morgan fingerprint density at radius 3 is 2.91 bits per heavy atom. The molecule has 0 radical (unpaired) electrons. The number of hydrogen-bond acceptors (Lipinski definition) is 3. The van der Waals surface area contributed by atoms with E-state index in [1.165, 1.54) is 11.3 Å². The highest BCUT2D eigenvalue weighted by molar-refractivity contribution is 7.12. The number of hydrogen-bond donors (Lipinski definition) is 1. The second-order valence-electron chi connectivity index (χ2n) is 2.43. The van der Waals surface area contributed by atoms with Crippen LogP contribution in [-0.2, 0) is 6.42 Å². The average molecular weight is 167 g/mol. The molecule has 0 saturated heterocycles. The molecule has 0 spiro atoms. The molecule has 0 aliphatic heterocycles. The lowest BCUT2D eigenvalue weighted by atomic mass is 10.2. The molecule has 1 heterocycles. The van der Waals surface area contributed by atoms with Crippen LogP contribution in [0.2, 0.25) is 0 Å². The van der Waals surface area contributed by atoms with Crippen molar-refractivity contribution in [2.45, 2.75) is 19.4 Å². The van der Waals surface area contributed by atoms with Gasteiger partial charge in [-0.05, 0) is 19.1 Å². The van der Waals surface area contributed by atoms with Crippen LogP contribution >= 0.6 is 11.3 Å². The lowest BCUT2D eigenvalue weighted by Gasteiger charge is -1.98. The van der Waals surface area contributed by atoms with Gasteiger partial charge < -0.3 is 5.11 Å². The third kappa shape index (κ3) is 2.34. The van der Waals surface area contributed by atoms with Crippen molar-refractivity contribution in [1.82, 2.24) is 0 Å². The van der Waals surface area contributed by atoms with Gasteiger partial charge in [0.2, 0.25) is 0 Å². The van der Waals surface area contributed by atoms with Crippen LogP contribution in [0.25, 0.3) is 0 Å². The number of thiophene rings is 1. The van der Waals surface area contributed by atoms with Crippen molar-refractivity contribution in [2.75, 3.05) is 0 Å². The van der Waals surface area contributed by atoms with Gasteiger partial charge >= 0.3 is 0 Å². The summed E-state index contributed by atoms with van der Waals surface area (Å²) in [6, 6.07) is 5.72. The molecular weight excluding hydrogens is 158 g/mol. The summed E-state index contributed by atoms with van der Waals surface area (Å²) in [6.45, 7) is 1.74. The first-order valence-corrected chi connectivity index (χ1v) is 4.21. The molecule has 1 aromatic rings. The van der Waals surface area contributed by atoms with Gasteiger partial charge in [0, 0.05) is 11.3 Å². The van der Waals surface area contributed by atoms with Gasteiger partial charge in [0.1, 0.15) is 10.9 Å². The van der Waals surface area contributed by atoms with Crippen molar-refractivity contribution in [3.63, 3.8) is 0 Å². The normalized spacial score (nSPS) is 12.5. The Balaban J connectivity index is 2.67. The fraction of sp³-hybridized carbons (Fsp3) is 0.375. The molecule has 1 atom stereocenters. The predicted molar refractivity (Wildman–Crippen MR) is 44.4 cm³/mol. The molecule has 0 aliphatic carbocycles. The first-order chi connectivity index (χ1) is 5.22. The van der Waals surface area contributed by atoms with Gasteiger partial charge in [-0.25, -0.2) is 0 Å². The fourth-order valence-electron chi connectivity index (χ4n) is 0.839. The third-order valence-corrected chi connectivity index (χ3v) is 2.28. The van der Waals surface area contributed by atoms with Crippen molar-refractivity contribution in [1.29, 1.82) is 5.26 Å². The molecule has 0 saturated carbocycles. The molecule has 0 bridgehead atoms. The Labute approximate surface area is 69.7 Å². The summed E-state index contributed by atoms with van der Waals surface area (Å²) in [6.07, 6.45) is 0.326. The lowest BCUT2D eigenvalue weighted by molar-refractivity contribution is 0.196. The van der Waals surface area contributed by atoms with Crippen LogP contribution in [0.15, 0.2) is 12.1 Å². The third-order valence-electron chi connectivity index (χ3n) is 1.27. The maximum atomic E-state index is 9.01. The summed E-state index contributed by atoms with van der Waals surface area (Å²) in [5.41, 5.74) is 0. The number of aliphatic hydroxyl groups excluding tert-OH is 1. The van der Waals surface area contributed by atoms with Crippen molar-refractivity contribution in [3.05, 3.63) is 21.9 Å². The van der Waals surface area contributed by atoms with Crippen molar-refractivity contribution in [2.24, 2.45) is 0 Å². The predicted octanol–water partition coefficient (Wildman–Crippen LogP) is 1.54. The van der Waals surface area contributed by atoms with Crippen LogP contribution in [0.5, 0.6) is 0 Å². The SMILES string of the molecule is C[C@H](O)Cc1ccc(C#N)s1. The van der Waals surface area contributed by atoms with E-state index in [1.54, 1.807) is 13.0 Å². The summed E-state index contributed by atoms with van der Waals surface area (Å²) in [5, 5.41) is 17.5. The van der Waals surface area contributed by atoms with E-state index in [1.807, 2.05) is 6.07 Å². The Kier molecular flexibility index (Phi) is 2.64. The molecule has 0 fully saturated rings. The smallest absolute Gasteiger partial charge is 0.110 e. The minimum absolute atomic E-state index is 0.319. The molecule has 2 nitrogen and oxygen atoms in total. The maximum absolute atomic E-state index is 9.01. The van der Waals surface area contributed by atoms with E-state index in [-0.39, 0.29) is 6.10 Å². The summed E-state index contributed by atoms with van der Waals surface area (Å²) >= 11 is 1.44. The van der Waals surface area contributed by atoms with Gasteiger partial charge in [-0.15, -0.1) is 11.3 Å². The first kappa shape index (κ1) is 8.25. The summed E-state index contributed by atoms with van der Waals surface area (Å²) in [4.78, 5) is 1.78. The minimum atomic E-state index is -0.319. The van der Waals surface area contributed by atoms with E-state index >= 15 is 0 Å². The second-order valence-corrected chi connectivity index (χ2v) is 3.60. The molecule has 3 heteroatoms. The highest BCUT2D eigenvalue weighted by Crippen LogP contribution is 2.16. The second kappa shape index (κ2) is 3.51. The van der Waals surface area contributed by atoms with E-state index in [0.717, 1.165) is 4.88 Å². The molecule has 0 amide bonds. The summed E-state index contributed by atoms with van der Waals surface area (Å²) in [5.74, 6) is 0. The zero-order chi connectivity index (χ0) is 8.27. The Morgan fingerprint density at radius 2 is 2.45 bits per heavy atom. The van der Waals surface area contributed by atoms with E-state index in [2.05, 4.69) is 6.07 Å². The fourth-order valence-corrected chi connectivity index (χ4v) is 1.76. The van der Waals surface area contributed by atoms with E-state index in [4.69, 9.17) is 10.4 Å². The van der Waals surface area contributed by atoms with Gasteiger partial charge in [-0.1, -0.05) is 0 Å². The molecule has 1 rings (SSSR count). The van der Waals surface area contributed by atoms with E-state index in [0.29, 0.717) is 11.3 Å². The minimum Gasteiger partial charge on any atom is -0.393 e. The van der Waals surface area contributed by atoms with Gasteiger partial charge in [0.05, 0.1) is 6.10 Å². The molecule has 11 heavy (non-hydrogen) atoms. The number of nitriles is 1. The van der Waals surface area contributed by atoms with Gasteiger partial charge in [-0.3, -0.25) is 0 Å². The van der Waals surface area contributed by atoms with Crippen LogP contribution in [-0.4, -0.2) is 11.2 Å². The standard InChI is InChI=1S/C8H9NOS/c1-6(10)4-7-2-3-8(5-9)11-7/h2-3,6,10H,4H2,1H3/t6-/m0/s1. The largest absolute Gasteiger partial charge is 0.393 e. The van der Waals surface area contributed by atoms with Crippen molar-refractivity contribution >= 4 is 11.3 Å². The average Bonchev–Trinajstić information content (AvgIpc) is 2.34. The molecule has 0 aromatic carbocycles. The van der Waals surface area contributed by atoms with Crippen LogP contribution in [0.1, 0.15) is 16.7 Å². The van der Waals surface area contributed by atoms with Crippen molar-refractivity contribution < 1.29 is 5.11 Å². The van der Waals surface area contributed by atoms with E-state index < -0.39 is 0 Å². The highest BCUT2D eigenvalue weighted by atomic mass is 32.1. The van der Waals surface area contributed by atoms with Crippen LogP contribution in [0.4, 0.5) is 0 Å². The Morgan fingerprint density at radius 1 is 1.73 bits per heavy atom. The van der Waals surface area contributed by atoms with Crippen LogP contribution in [0, 0.1) is 11.3 Å². The van der Waals surface area contributed by atoms with Gasteiger partial charge in [0.25, 0.3) is 0 Å². The molecule has 58 valence electrons. The van der Waals surface area contributed by atoms with Gasteiger partial charge in [0.15, 0.2) is 0 Å². The number of nitrogens with zero attached hydrogens (tertiary/aromatic N) is 1. The van der Waals surface area contributed by atoms with Gasteiger partial charge in [-0.2, -0.15) is 5.26 Å². The zero-order valence-electron chi connectivity index (χ0n) is 6.24. The van der Waals surface area contributed by atoms with Crippen LogP contribution in [0.3, 0.4) is 0 Å². The Bertz CT molecular complexity index is 272. The molecular formula is C8H9NOS. The molecule has 0 unspecified atom stereocenters. The van der Waals surface area contributed by atoms with E-state index in [9.17, 15) is 0 Å². The topological polar surface area (TPSA) is 44.0 Å². The Hall–Kier alpha value is -0.850. The summed E-state index contributed by atoms with van der Waals surface area (Å²) in [7, 11) is 0. The molecule has 0 aliphatic rings. The molecule has 1 aromatic heterocycles. The number of rotatable bonds is 2. The van der Waals surface area contributed by atoms with Crippen LogP contribution < -0.4 is 0 Å². The quantitative estimate of drug-likeness (QED) is 0.726. The summed E-state index contributed by atoms with van der Waals surface area (Å²) < 4.78 is 0. The maximum Gasteiger partial charge on any atom is 0.110 e. The first-order valence-electron chi connectivity index (χ1n) is 3.39. The monoisotopic (exact) mass is 167 g/mol. The lowest BCUT2D eigenvalue weighted by Crippen LogP contribution is -2.01. The van der Waals surface area contributed by atoms with Crippen molar-refractivity contribution in [3.8, 4) is 6.07 Å². The number of aliphatic hydroxyl groups is 1. The zero-order valence-corrected chi connectivity index (χ0v) is 7.06. The molecule has 1 N–H and O–H groups in total. The highest BCUT2D eigenvalue weighted by Gasteiger charge is 2.01.